The zero-order valence-corrected chi connectivity index (χ0v) is 28.2. The Labute approximate surface area is 297 Å². The quantitative estimate of drug-likeness (QED) is 0.200. The van der Waals surface area contributed by atoms with E-state index in [0.717, 1.165) is 39.2 Å². The van der Waals surface area contributed by atoms with Gasteiger partial charge in [0.1, 0.15) is 12.0 Å². The van der Waals surface area contributed by atoms with Crippen LogP contribution in [0.2, 0.25) is 0 Å². The maximum absolute atomic E-state index is 5.37. The van der Waals surface area contributed by atoms with Crippen molar-refractivity contribution in [2.24, 2.45) is 9.98 Å². The number of aromatic nitrogens is 2. The van der Waals surface area contributed by atoms with E-state index in [-0.39, 0.29) is 6.17 Å². The van der Waals surface area contributed by atoms with Crippen LogP contribution in [0.4, 0.5) is 0 Å². The predicted octanol–water partition coefficient (Wildman–Crippen LogP) is 11.2. The van der Waals surface area contributed by atoms with E-state index < -0.39 is 0 Å². The molecule has 1 aliphatic rings. The van der Waals surface area contributed by atoms with E-state index >= 15 is 0 Å². The minimum Gasteiger partial charge on any atom is -0.344 e. The molecule has 51 heavy (non-hydrogen) atoms. The highest BCUT2D eigenvalue weighted by molar-refractivity contribution is 7.26. The second-order valence-electron chi connectivity index (χ2n) is 13.1. The highest BCUT2D eigenvalue weighted by Crippen LogP contribution is 2.45. The maximum atomic E-state index is 5.37. The van der Waals surface area contributed by atoms with Crippen molar-refractivity contribution in [3.63, 3.8) is 0 Å². The molecule has 3 aromatic heterocycles. The summed E-state index contributed by atoms with van der Waals surface area (Å²) >= 11 is 1.87. The Hall–Kier alpha value is -6.50. The summed E-state index contributed by atoms with van der Waals surface area (Å²) in [5.74, 6) is 1.45. The number of rotatable bonds is 3. The summed E-state index contributed by atoms with van der Waals surface area (Å²) in [6.45, 7) is 0. The minimum atomic E-state index is -0.311. The highest BCUT2D eigenvalue weighted by atomic mass is 32.1. The molecule has 10 aromatic rings. The summed E-state index contributed by atoms with van der Waals surface area (Å²) in [7, 11) is 0. The van der Waals surface area contributed by atoms with Crippen LogP contribution in [-0.4, -0.2) is 20.9 Å². The van der Waals surface area contributed by atoms with E-state index in [9.17, 15) is 0 Å². The average molecular weight is 672 g/mol. The van der Waals surface area contributed by atoms with E-state index in [1.807, 2.05) is 23.5 Å². The van der Waals surface area contributed by atoms with Crippen molar-refractivity contribution >= 4 is 86.9 Å². The van der Waals surface area contributed by atoms with Gasteiger partial charge in [0.2, 0.25) is 5.96 Å². The first-order chi connectivity index (χ1) is 25.3. The predicted molar refractivity (Wildman–Crippen MR) is 215 cm³/mol. The van der Waals surface area contributed by atoms with Gasteiger partial charge in [-0.3, -0.25) is 4.57 Å². The van der Waals surface area contributed by atoms with Crippen molar-refractivity contribution in [3.8, 4) is 5.69 Å². The lowest BCUT2D eigenvalue weighted by molar-refractivity contribution is 0.668. The van der Waals surface area contributed by atoms with Crippen LogP contribution in [-0.2, 0) is 0 Å². The Balaban J connectivity index is 1.30. The maximum Gasteiger partial charge on any atom is 0.234 e. The third-order valence-corrected chi connectivity index (χ3v) is 11.4. The number of fused-ring (bicyclic) bond motifs is 10. The summed E-state index contributed by atoms with van der Waals surface area (Å²) < 4.78 is 7.25. The molecule has 0 spiro atoms. The molecule has 7 aromatic carbocycles. The number of thiophene rings is 1. The fourth-order valence-electron chi connectivity index (χ4n) is 7.90. The average Bonchev–Trinajstić information content (AvgIpc) is 3.85. The van der Waals surface area contributed by atoms with Crippen LogP contribution >= 0.6 is 11.3 Å². The normalized spacial score (nSPS) is 14.9. The van der Waals surface area contributed by atoms with Crippen molar-refractivity contribution in [2.75, 3.05) is 0 Å². The van der Waals surface area contributed by atoms with Gasteiger partial charge in [0, 0.05) is 53.0 Å². The molecule has 0 saturated carbocycles. The molecule has 5 nitrogen and oxygen atoms in total. The lowest BCUT2D eigenvalue weighted by atomic mass is 10.1. The third kappa shape index (κ3) is 4.27. The number of hydrogen-bond acceptors (Lipinski definition) is 4. The van der Waals surface area contributed by atoms with Gasteiger partial charge in [0.15, 0.2) is 0 Å². The van der Waals surface area contributed by atoms with Gasteiger partial charge >= 0.3 is 0 Å². The van der Waals surface area contributed by atoms with E-state index in [0.29, 0.717) is 5.96 Å². The molecule has 0 saturated heterocycles. The molecule has 1 atom stereocenters. The Morgan fingerprint density at radius 3 is 2.02 bits per heavy atom. The Bertz CT molecular complexity index is 3040. The molecule has 1 unspecified atom stereocenters. The molecule has 0 fully saturated rings. The number of amidine groups is 1. The van der Waals surface area contributed by atoms with Gasteiger partial charge in [-0.15, -0.1) is 11.3 Å². The summed E-state index contributed by atoms with van der Waals surface area (Å²) in [5.41, 5.74) is 7.73. The van der Waals surface area contributed by atoms with Gasteiger partial charge in [0.25, 0.3) is 0 Å². The molecule has 1 N–H and O–H groups in total. The van der Waals surface area contributed by atoms with Gasteiger partial charge in [0.05, 0.1) is 22.1 Å². The topological polar surface area (TPSA) is 46.6 Å². The van der Waals surface area contributed by atoms with Crippen molar-refractivity contribution in [2.45, 2.75) is 6.17 Å². The zero-order chi connectivity index (χ0) is 33.5. The van der Waals surface area contributed by atoms with Crippen LogP contribution in [0.3, 0.4) is 0 Å². The zero-order valence-electron chi connectivity index (χ0n) is 27.4. The summed E-state index contributed by atoms with van der Waals surface area (Å²) in [4.78, 5) is 10.7. The lowest BCUT2D eigenvalue weighted by Gasteiger charge is -2.24. The van der Waals surface area contributed by atoms with Crippen molar-refractivity contribution < 1.29 is 0 Å². The molecule has 0 bridgehead atoms. The first-order valence-electron chi connectivity index (χ1n) is 17.2. The SMILES string of the molecule is c1ccc(C2=NC(n3c4cc5c(cc4c4c6sc7ccccc7c6ccc43)c3ccccc3n5-c3ccccc3)=NC(c3ccccc3)N2)cc1. The fraction of sp³-hybridized carbons (Fsp3) is 0.0222. The Kier molecular flexibility index (Phi) is 6.12. The van der Waals surface area contributed by atoms with Crippen LogP contribution < -0.4 is 5.32 Å². The van der Waals surface area contributed by atoms with E-state index in [2.05, 4.69) is 166 Å². The summed E-state index contributed by atoms with van der Waals surface area (Å²) in [6.07, 6.45) is -0.311. The molecule has 11 rings (SSSR count). The molecule has 1 aliphatic heterocycles. The summed E-state index contributed by atoms with van der Waals surface area (Å²) in [5, 5.41) is 11.1. The lowest BCUT2D eigenvalue weighted by Crippen LogP contribution is -2.35. The first-order valence-corrected chi connectivity index (χ1v) is 18.0. The number of aliphatic imine (C=N–C) groups is 2. The minimum absolute atomic E-state index is 0.311. The van der Waals surface area contributed by atoms with Crippen LogP contribution in [0.5, 0.6) is 0 Å². The van der Waals surface area contributed by atoms with Crippen LogP contribution in [0.25, 0.3) is 69.5 Å². The molecule has 0 aliphatic carbocycles. The number of nitrogens with zero attached hydrogens (tertiary/aromatic N) is 4. The van der Waals surface area contributed by atoms with E-state index in [1.165, 1.54) is 47.2 Å². The fourth-order valence-corrected chi connectivity index (χ4v) is 9.16. The molecule has 6 heteroatoms. The second kappa shape index (κ2) is 11.0. The van der Waals surface area contributed by atoms with Crippen molar-refractivity contribution in [3.05, 3.63) is 175 Å². The van der Waals surface area contributed by atoms with Crippen LogP contribution in [0, 0.1) is 0 Å². The molecule has 240 valence electrons. The number of hydrogen-bond donors (Lipinski definition) is 1. The number of nitrogens with one attached hydrogen (secondary N) is 1. The van der Waals surface area contributed by atoms with Gasteiger partial charge in [-0.2, -0.15) is 4.99 Å². The number of benzene rings is 7. The molecular weight excluding hydrogens is 643 g/mol. The molecular formula is C45H29N5S. The van der Waals surface area contributed by atoms with Gasteiger partial charge in [-0.25, -0.2) is 4.99 Å². The monoisotopic (exact) mass is 671 g/mol. The van der Waals surface area contributed by atoms with Crippen molar-refractivity contribution in [1.29, 1.82) is 0 Å². The molecule has 0 amide bonds. The van der Waals surface area contributed by atoms with E-state index in [4.69, 9.17) is 9.98 Å². The standard InChI is InChI=1S/C45H29N5S/c1-4-14-28(15-5-1)43-46-44(29-16-6-2-7-17-29)48-45(47-43)50-37-25-24-33-32-21-11-13-23-40(32)51-42(33)41(37)35-26-34-31-20-10-12-22-36(31)49(38(34)27-39(35)50)30-18-8-3-9-19-30/h1-27,43H,(H,46,47,48). The first kappa shape index (κ1) is 28.3. The van der Waals surface area contributed by atoms with Crippen molar-refractivity contribution in [1.82, 2.24) is 14.5 Å². The third-order valence-electron chi connectivity index (χ3n) is 10.2. The second-order valence-corrected chi connectivity index (χ2v) is 14.1. The van der Waals surface area contributed by atoms with Gasteiger partial charge < -0.3 is 9.88 Å². The Morgan fingerprint density at radius 2 is 1.20 bits per heavy atom. The van der Waals surface area contributed by atoms with Gasteiger partial charge in [-0.05, 0) is 48.0 Å². The van der Waals surface area contributed by atoms with Crippen LogP contribution in [0.1, 0.15) is 17.3 Å². The largest absolute Gasteiger partial charge is 0.344 e. The van der Waals surface area contributed by atoms with E-state index in [1.54, 1.807) is 0 Å². The smallest absolute Gasteiger partial charge is 0.234 e. The highest BCUT2D eigenvalue weighted by Gasteiger charge is 2.26. The molecule has 0 radical (unpaired) electrons. The number of para-hydroxylation sites is 2. The molecule has 4 heterocycles. The van der Waals surface area contributed by atoms with Gasteiger partial charge in [-0.1, -0.05) is 121 Å². The summed E-state index contributed by atoms with van der Waals surface area (Å²) in [6, 6.07) is 58.2. The van der Waals surface area contributed by atoms with Crippen LogP contribution in [0.15, 0.2) is 174 Å². The Morgan fingerprint density at radius 1 is 0.510 bits per heavy atom.